The first kappa shape index (κ1) is 16.0. The summed E-state index contributed by atoms with van der Waals surface area (Å²) >= 11 is 7.08. The van der Waals surface area contributed by atoms with Crippen LogP contribution in [-0.4, -0.2) is 27.0 Å². The number of benzene rings is 1. The highest BCUT2D eigenvalue weighted by Gasteiger charge is 2.40. The van der Waals surface area contributed by atoms with E-state index in [0.717, 1.165) is 11.4 Å². The highest BCUT2D eigenvalue weighted by atomic mass is 35.5. The van der Waals surface area contributed by atoms with Crippen LogP contribution >= 0.6 is 23.4 Å². The fourth-order valence-electron chi connectivity index (χ4n) is 2.43. The third-order valence-electron chi connectivity index (χ3n) is 3.40. The van der Waals surface area contributed by atoms with Crippen LogP contribution in [0.1, 0.15) is 17.8 Å². The largest absolute Gasteiger partial charge is 0.274 e. The lowest BCUT2D eigenvalue weighted by Gasteiger charge is -2.14. The Hall–Kier alpha value is -1.92. The fraction of sp³-hybridized carbons (Fsp3) is 0.250. The van der Waals surface area contributed by atoms with Gasteiger partial charge in [-0.15, -0.1) is 0 Å². The van der Waals surface area contributed by atoms with E-state index in [1.165, 1.54) is 16.7 Å². The van der Waals surface area contributed by atoms with E-state index in [2.05, 4.69) is 9.97 Å². The first-order chi connectivity index (χ1) is 10.9. The molecule has 5 nitrogen and oxygen atoms in total. The van der Waals surface area contributed by atoms with Gasteiger partial charge in [0.2, 0.25) is 11.8 Å². The molecule has 2 heterocycles. The number of imide groups is 1. The standard InChI is InChI=1S/C16H14ClN3O2S/c1-9-7-10(2)19-16(18-9)23-13-8-14(21)20(15(13)22)12-5-3-11(17)4-6-12/h3-7,13H,8H2,1-2H3/t13-/m0/s1. The van der Waals surface area contributed by atoms with Crippen molar-refractivity contribution in [1.82, 2.24) is 9.97 Å². The number of aryl methyl sites for hydroxylation is 2. The zero-order valence-electron chi connectivity index (χ0n) is 12.6. The number of hydrogen-bond donors (Lipinski definition) is 0. The number of amides is 2. The second kappa shape index (κ2) is 6.29. The molecule has 0 spiro atoms. The Morgan fingerprint density at radius 3 is 2.35 bits per heavy atom. The third-order valence-corrected chi connectivity index (χ3v) is 4.70. The Bertz CT molecular complexity index is 759. The maximum Gasteiger partial charge on any atom is 0.247 e. The summed E-state index contributed by atoms with van der Waals surface area (Å²) in [5.41, 5.74) is 2.21. The van der Waals surface area contributed by atoms with Crippen LogP contribution in [0.4, 0.5) is 5.69 Å². The molecule has 0 radical (unpaired) electrons. The second-order valence-corrected chi connectivity index (χ2v) is 6.89. The summed E-state index contributed by atoms with van der Waals surface area (Å²) in [4.78, 5) is 34.6. The predicted octanol–water partition coefficient (Wildman–Crippen LogP) is 3.17. The van der Waals surface area contributed by atoms with Gasteiger partial charge in [0, 0.05) is 22.8 Å². The number of carbonyl (C=O) groups excluding carboxylic acids is 2. The third kappa shape index (κ3) is 3.38. The van der Waals surface area contributed by atoms with Gasteiger partial charge in [-0.1, -0.05) is 23.4 Å². The molecule has 2 amide bonds. The second-order valence-electron chi connectivity index (χ2n) is 5.29. The average molecular weight is 348 g/mol. The number of aromatic nitrogens is 2. The van der Waals surface area contributed by atoms with Crippen molar-refractivity contribution < 1.29 is 9.59 Å². The van der Waals surface area contributed by atoms with Gasteiger partial charge in [0.05, 0.1) is 5.69 Å². The summed E-state index contributed by atoms with van der Waals surface area (Å²) < 4.78 is 0. The van der Waals surface area contributed by atoms with Crippen LogP contribution in [-0.2, 0) is 9.59 Å². The van der Waals surface area contributed by atoms with E-state index in [0.29, 0.717) is 15.9 Å². The van der Waals surface area contributed by atoms with Gasteiger partial charge in [-0.3, -0.25) is 9.59 Å². The minimum absolute atomic E-state index is 0.141. The number of carbonyl (C=O) groups is 2. The van der Waals surface area contributed by atoms with E-state index < -0.39 is 5.25 Å². The van der Waals surface area contributed by atoms with Gasteiger partial charge in [-0.25, -0.2) is 14.9 Å². The van der Waals surface area contributed by atoms with Crippen molar-refractivity contribution in [2.24, 2.45) is 0 Å². The van der Waals surface area contributed by atoms with Gasteiger partial charge in [0.25, 0.3) is 0 Å². The van der Waals surface area contributed by atoms with Gasteiger partial charge in [-0.05, 0) is 44.2 Å². The first-order valence-electron chi connectivity index (χ1n) is 7.05. The van der Waals surface area contributed by atoms with Crippen molar-refractivity contribution in [2.45, 2.75) is 30.7 Å². The average Bonchev–Trinajstić information content (AvgIpc) is 2.74. The highest BCUT2D eigenvalue weighted by molar-refractivity contribution is 8.00. The number of anilines is 1. The molecule has 1 aromatic heterocycles. The lowest BCUT2D eigenvalue weighted by atomic mass is 10.3. The molecule has 0 aliphatic carbocycles. The number of halogens is 1. The number of thioether (sulfide) groups is 1. The Morgan fingerprint density at radius 1 is 1.13 bits per heavy atom. The molecular formula is C16H14ClN3O2S. The van der Waals surface area contributed by atoms with Crippen LogP contribution in [0.5, 0.6) is 0 Å². The molecule has 7 heteroatoms. The van der Waals surface area contributed by atoms with Crippen LogP contribution in [0.2, 0.25) is 5.02 Å². The molecule has 2 aromatic rings. The van der Waals surface area contributed by atoms with Gasteiger partial charge in [0.15, 0.2) is 5.16 Å². The molecule has 0 saturated carbocycles. The zero-order valence-corrected chi connectivity index (χ0v) is 14.2. The SMILES string of the molecule is Cc1cc(C)nc(S[C@H]2CC(=O)N(c3ccc(Cl)cc3)C2=O)n1. The van der Waals surface area contributed by atoms with Crippen molar-refractivity contribution >= 4 is 40.9 Å². The van der Waals surface area contributed by atoms with Gasteiger partial charge in [-0.2, -0.15) is 0 Å². The lowest BCUT2D eigenvalue weighted by molar-refractivity contribution is -0.121. The number of hydrogen-bond acceptors (Lipinski definition) is 5. The lowest BCUT2D eigenvalue weighted by Crippen LogP contribution is -2.31. The van der Waals surface area contributed by atoms with E-state index >= 15 is 0 Å². The topological polar surface area (TPSA) is 63.2 Å². The molecule has 118 valence electrons. The van der Waals surface area contributed by atoms with Gasteiger partial charge >= 0.3 is 0 Å². The molecule has 0 unspecified atom stereocenters. The summed E-state index contributed by atoms with van der Waals surface area (Å²) in [5.74, 6) is -0.468. The molecule has 1 atom stereocenters. The van der Waals surface area contributed by atoms with Crippen molar-refractivity contribution in [1.29, 1.82) is 0 Å². The van der Waals surface area contributed by atoms with E-state index in [1.807, 2.05) is 19.9 Å². The first-order valence-corrected chi connectivity index (χ1v) is 8.31. The Kier molecular flexibility index (Phi) is 4.37. The molecular weight excluding hydrogens is 334 g/mol. The van der Waals surface area contributed by atoms with Crippen LogP contribution in [0, 0.1) is 13.8 Å². The zero-order chi connectivity index (χ0) is 16.6. The summed E-state index contributed by atoms with van der Waals surface area (Å²) in [6, 6.07) is 8.51. The van der Waals surface area contributed by atoms with Crippen molar-refractivity contribution in [3.8, 4) is 0 Å². The minimum Gasteiger partial charge on any atom is -0.274 e. The quantitative estimate of drug-likeness (QED) is 0.630. The fourth-order valence-corrected chi connectivity index (χ4v) is 3.64. The molecule has 1 aromatic carbocycles. The molecule has 1 aliphatic heterocycles. The Balaban J connectivity index is 1.82. The maximum atomic E-state index is 12.6. The molecule has 1 saturated heterocycles. The highest BCUT2D eigenvalue weighted by Crippen LogP contribution is 2.33. The van der Waals surface area contributed by atoms with E-state index in [9.17, 15) is 9.59 Å². The summed E-state index contributed by atoms with van der Waals surface area (Å²) in [7, 11) is 0. The smallest absolute Gasteiger partial charge is 0.247 e. The molecule has 1 aliphatic rings. The van der Waals surface area contributed by atoms with Crippen LogP contribution in [0.3, 0.4) is 0 Å². The van der Waals surface area contributed by atoms with Gasteiger partial charge < -0.3 is 0 Å². The van der Waals surface area contributed by atoms with Crippen LogP contribution in [0.25, 0.3) is 0 Å². The van der Waals surface area contributed by atoms with Crippen molar-refractivity contribution in [3.05, 3.63) is 46.7 Å². The Labute approximate surface area is 143 Å². The van der Waals surface area contributed by atoms with Gasteiger partial charge in [0.1, 0.15) is 5.25 Å². The molecule has 3 rings (SSSR count). The monoisotopic (exact) mass is 347 g/mol. The molecule has 0 bridgehead atoms. The number of rotatable bonds is 3. The summed E-state index contributed by atoms with van der Waals surface area (Å²) in [5, 5.41) is 0.577. The molecule has 23 heavy (non-hydrogen) atoms. The summed E-state index contributed by atoms with van der Waals surface area (Å²) in [6.07, 6.45) is 0.141. The Morgan fingerprint density at radius 2 is 1.74 bits per heavy atom. The van der Waals surface area contributed by atoms with Crippen LogP contribution in [0.15, 0.2) is 35.5 Å². The minimum atomic E-state index is -0.501. The van der Waals surface area contributed by atoms with Crippen molar-refractivity contribution in [2.75, 3.05) is 4.90 Å². The number of nitrogens with zero attached hydrogens (tertiary/aromatic N) is 3. The van der Waals surface area contributed by atoms with Crippen molar-refractivity contribution in [3.63, 3.8) is 0 Å². The summed E-state index contributed by atoms with van der Waals surface area (Å²) in [6.45, 7) is 3.75. The van der Waals surface area contributed by atoms with E-state index in [4.69, 9.17) is 11.6 Å². The van der Waals surface area contributed by atoms with E-state index in [1.54, 1.807) is 24.3 Å². The molecule has 1 fully saturated rings. The van der Waals surface area contributed by atoms with Crippen LogP contribution < -0.4 is 4.90 Å². The molecule has 0 N–H and O–H groups in total. The van der Waals surface area contributed by atoms with E-state index in [-0.39, 0.29) is 18.2 Å². The predicted molar refractivity (Wildman–Crippen MR) is 89.7 cm³/mol. The maximum absolute atomic E-state index is 12.6. The normalized spacial score (nSPS) is 17.9.